The van der Waals surface area contributed by atoms with Crippen molar-refractivity contribution in [3.05, 3.63) is 71.3 Å². The first-order valence-corrected chi connectivity index (χ1v) is 7.67. The van der Waals surface area contributed by atoms with Crippen LogP contribution in [-0.2, 0) is 9.53 Å². The monoisotopic (exact) mass is 309 g/mol. The molecule has 0 saturated heterocycles. The summed E-state index contributed by atoms with van der Waals surface area (Å²) in [5.41, 5.74) is 2.61. The largest absolute Gasteiger partial charge is 0.469 e. The van der Waals surface area contributed by atoms with Gasteiger partial charge in [-0.3, -0.25) is 9.59 Å². The van der Waals surface area contributed by atoms with Crippen LogP contribution in [0, 0.1) is 0 Å². The Bertz CT molecular complexity index is 726. The zero-order valence-corrected chi connectivity index (χ0v) is 13.2. The Balaban J connectivity index is 2.00. The Hall–Kier alpha value is -2.62. The lowest BCUT2D eigenvalue weighted by molar-refractivity contribution is -0.141. The van der Waals surface area contributed by atoms with E-state index in [1.807, 2.05) is 61.5 Å². The molecule has 0 spiro atoms. The number of carbonyl (C=O) groups is 2. The maximum atomic E-state index is 12.9. The Morgan fingerprint density at radius 3 is 2.48 bits per heavy atom. The van der Waals surface area contributed by atoms with Crippen LogP contribution in [0.25, 0.3) is 0 Å². The second kappa shape index (κ2) is 6.24. The summed E-state index contributed by atoms with van der Waals surface area (Å²) in [5.74, 6) is -0.351. The van der Waals surface area contributed by atoms with Crippen LogP contribution >= 0.6 is 0 Å². The first-order chi connectivity index (χ1) is 11.1. The molecule has 1 unspecified atom stereocenters. The van der Waals surface area contributed by atoms with E-state index < -0.39 is 0 Å². The number of rotatable bonds is 4. The van der Waals surface area contributed by atoms with Gasteiger partial charge in [-0.15, -0.1) is 0 Å². The molecule has 23 heavy (non-hydrogen) atoms. The topological polar surface area (TPSA) is 46.6 Å². The molecular formula is C19H19NO3. The minimum Gasteiger partial charge on any atom is -0.469 e. The van der Waals surface area contributed by atoms with Crippen molar-refractivity contribution in [2.24, 2.45) is 0 Å². The van der Waals surface area contributed by atoms with Crippen LogP contribution in [0.5, 0.6) is 0 Å². The first kappa shape index (κ1) is 15.3. The van der Waals surface area contributed by atoms with Crippen molar-refractivity contribution in [3.8, 4) is 0 Å². The number of amides is 1. The maximum absolute atomic E-state index is 12.9. The maximum Gasteiger partial charge on any atom is 0.307 e. The Morgan fingerprint density at radius 1 is 1.13 bits per heavy atom. The molecule has 0 bridgehead atoms. The molecule has 4 nitrogen and oxygen atoms in total. The van der Waals surface area contributed by atoms with Gasteiger partial charge in [-0.25, -0.2) is 0 Å². The molecule has 0 saturated carbocycles. The van der Waals surface area contributed by atoms with Gasteiger partial charge in [0.2, 0.25) is 0 Å². The van der Waals surface area contributed by atoms with E-state index in [0.717, 1.165) is 11.1 Å². The fraction of sp³-hybridized carbons (Fsp3) is 0.263. The number of carbonyl (C=O) groups excluding carboxylic acids is 2. The minimum atomic E-state index is -0.315. The second-order valence-electron chi connectivity index (χ2n) is 5.68. The molecule has 4 heteroatoms. The van der Waals surface area contributed by atoms with Crippen LogP contribution in [0.2, 0.25) is 0 Å². The molecule has 0 N–H and O–H groups in total. The number of methoxy groups -OCH3 is 1. The molecule has 0 fully saturated rings. The third-order valence-electron chi connectivity index (χ3n) is 4.41. The molecule has 1 aliphatic rings. The molecule has 1 heterocycles. The van der Waals surface area contributed by atoms with Crippen molar-refractivity contribution >= 4 is 11.9 Å². The van der Waals surface area contributed by atoms with Crippen molar-refractivity contribution in [1.29, 1.82) is 0 Å². The SMILES string of the molecule is COC(=O)CC1c2ccccc2C(=O)N1[C@H](C)c1ccccc1. The van der Waals surface area contributed by atoms with Gasteiger partial charge in [0.15, 0.2) is 0 Å². The number of fused-ring (bicyclic) bond motifs is 1. The van der Waals surface area contributed by atoms with E-state index in [-0.39, 0.29) is 30.4 Å². The number of esters is 1. The van der Waals surface area contributed by atoms with Crippen molar-refractivity contribution in [2.45, 2.75) is 25.4 Å². The van der Waals surface area contributed by atoms with Crippen molar-refractivity contribution in [2.75, 3.05) is 7.11 Å². The third kappa shape index (κ3) is 2.72. The summed E-state index contributed by atoms with van der Waals surface area (Å²) in [7, 11) is 1.37. The van der Waals surface area contributed by atoms with E-state index >= 15 is 0 Å². The van der Waals surface area contributed by atoms with Gasteiger partial charge in [-0.05, 0) is 24.1 Å². The lowest BCUT2D eigenvalue weighted by Gasteiger charge is -2.31. The molecule has 2 aromatic rings. The van der Waals surface area contributed by atoms with Gasteiger partial charge >= 0.3 is 5.97 Å². The molecule has 2 atom stereocenters. The van der Waals surface area contributed by atoms with E-state index in [9.17, 15) is 9.59 Å². The highest BCUT2D eigenvalue weighted by Gasteiger charge is 2.40. The molecular weight excluding hydrogens is 290 g/mol. The predicted octanol–water partition coefficient (Wildman–Crippen LogP) is 3.51. The zero-order valence-electron chi connectivity index (χ0n) is 13.2. The molecule has 1 amide bonds. The van der Waals surface area contributed by atoms with Gasteiger partial charge in [0, 0.05) is 5.56 Å². The third-order valence-corrected chi connectivity index (χ3v) is 4.41. The highest BCUT2D eigenvalue weighted by molar-refractivity contribution is 6.00. The smallest absolute Gasteiger partial charge is 0.307 e. The van der Waals surface area contributed by atoms with E-state index in [1.54, 1.807) is 4.90 Å². The second-order valence-corrected chi connectivity index (χ2v) is 5.68. The van der Waals surface area contributed by atoms with Crippen LogP contribution in [0.1, 0.15) is 46.9 Å². The molecule has 118 valence electrons. The fourth-order valence-corrected chi connectivity index (χ4v) is 3.20. The first-order valence-electron chi connectivity index (χ1n) is 7.67. The molecule has 0 aliphatic carbocycles. The average molecular weight is 309 g/mol. The van der Waals surface area contributed by atoms with Crippen LogP contribution in [0.3, 0.4) is 0 Å². The summed E-state index contributed by atoms with van der Waals surface area (Å²) < 4.78 is 4.82. The summed E-state index contributed by atoms with van der Waals surface area (Å²) >= 11 is 0. The van der Waals surface area contributed by atoms with Crippen molar-refractivity contribution < 1.29 is 14.3 Å². The Kier molecular flexibility index (Phi) is 4.15. The summed E-state index contributed by atoms with van der Waals surface area (Å²) in [6.07, 6.45) is 0.163. The van der Waals surface area contributed by atoms with Crippen LogP contribution in [0.15, 0.2) is 54.6 Å². The van der Waals surface area contributed by atoms with Crippen LogP contribution < -0.4 is 0 Å². The minimum absolute atomic E-state index is 0.0362. The van der Waals surface area contributed by atoms with Gasteiger partial charge in [0.1, 0.15) is 0 Å². The Labute approximate surface area is 135 Å². The lowest BCUT2D eigenvalue weighted by atomic mass is 10.0. The summed E-state index contributed by atoms with van der Waals surface area (Å²) in [6, 6.07) is 16.9. The highest BCUT2D eigenvalue weighted by Crippen LogP contribution is 2.41. The molecule has 1 aliphatic heterocycles. The van der Waals surface area contributed by atoms with Crippen LogP contribution in [-0.4, -0.2) is 23.9 Å². The van der Waals surface area contributed by atoms with Gasteiger partial charge in [-0.2, -0.15) is 0 Å². The van der Waals surface area contributed by atoms with E-state index in [2.05, 4.69) is 0 Å². The van der Waals surface area contributed by atoms with Crippen molar-refractivity contribution in [1.82, 2.24) is 4.90 Å². The normalized spacial score (nSPS) is 17.7. The van der Waals surface area contributed by atoms with Crippen LogP contribution in [0.4, 0.5) is 0 Å². The number of hydrogen-bond donors (Lipinski definition) is 0. The van der Waals surface area contributed by atoms with E-state index in [4.69, 9.17) is 4.74 Å². The van der Waals surface area contributed by atoms with E-state index in [1.165, 1.54) is 7.11 Å². The van der Waals surface area contributed by atoms with Gasteiger partial charge in [0.05, 0.1) is 25.6 Å². The predicted molar refractivity (Wildman–Crippen MR) is 86.8 cm³/mol. The molecule has 0 radical (unpaired) electrons. The average Bonchev–Trinajstić information content (AvgIpc) is 2.87. The summed E-state index contributed by atoms with van der Waals surface area (Å²) in [6.45, 7) is 1.99. The summed E-state index contributed by atoms with van der Waals surface area (Å²) in [4.78, 5) is 26.5. The van der Waals surface area contributed by atoms with Gasteiger partial charge in [0.25, 0.3) is 5.91 Å². The number of benzene rings is 2. The van der Waals surface area contributed by atoms with Gasteiger partial charge in [-0.1, -0.05) is 48.5 Å². The number of ether oxygens (including phenoxy) is 1. The molecule has 0 aromatic heterocycles. The van der Waals surface area contributed by atoms with E-state index in [0.29, 0.717) is 5.56 Å². The highest BCUT2D eigenvalue weighted by atomic mass is 16.5. The summed E-state index contributed by atoms with van der Waals surface area (Å²) in [5, 5.41) is 0. The number of hydrogen-bond acceptors (Lipinski definition) is 3. The molecule has 2 aromatic carbocycles. The zero-order chi connectivity index (χ0) is 16.4. The molecule has 3 rings (SSSR count). The van der Waals surface area contributed by atoms with Crippen molar-refractivity contribution in [3.63, 3.8) is 0 Å². The fourth-order valence-electron chi connectivity index (χ4n) is 3.20. The quantitative estimate of drug-likeness (QED) is 0.812. The number of nitrogens with zero attached hydrogens (tertiary/aromatic N) is 1. The lowest BCUT2D eigenvalue weighted by Crippen LogP contribution is -2.32. The Morgan fingerprint density at radius 2 is 1.78 bits per heavy atom. The van der Waals surface area contributed by atoms with Gasteiger partial charge < -0.3 is 9.64 Å². The standard InChI is InChI=1S/C19H19NO3/c1-13(14-8-4-3-5-9-14)20-17(12-18(21)23-2)15-10-6-7-11-16(15)19(20)22/h3-11,13,17H,12H2,1-2H3/t13-,17?/m1/s1.